The van der Waals surface area contributed by atoms with E-state index in [1.165, 1.54) is 17.1 Å². The van der Waals surface area contributed by atoms with Crippen LogP contribution in [0.25, 0.3) is 12.2 Å². The van der Waals surface area contributed by atoms with Crippen LogP contribution < -0.4 is 55.6 Å². The third-order valence-electron chi connectivity index (χ3n) is 13.5. The quantitative estimate of drug-likeness (QED) is 0.0964. The molecule has 0 aliphatic rings. The van der Waals surface area contributed by atoms with Crippen molar-refractivity contribution < 1.29 is 32.5 Å². The summed E-state index contributed by atoms with van der Waals surface area (Å²) in [5.74, 6) is 0. The van der Waals surface area contributed by atoms with Crippen LogP contribution >= 0.6 is 47.8 Å². The van der Waals surface area contributed by atoms with E-state index in [1.54, 1.807) is 0 Å². The maximum Gasteiger partial charge on any atom is 0.0488 e. The van der Waals surface area contributed by atoms with Crippen LogP contribution in [-0.4, -0.2) is 98.7 Å². The smallest absolute Gasteiger partial charge is 0.0488 e. The molecule has 0 saturated heterocycles. The summed E-state index contributed by atoms with van der Waals surface area (Å²) in [7, 11) is 28.6. The minimum atomic E-state index is 0. The van der Waals surface area contributed by atoms with Crippen molar-refractivity contribution in [1.82, 2.24) is 0 Å². The van der Waals surface area contributed by atoms with Crippen LogP contribution in [0.2, 0.25) is 0 Å². The van der Waals surface area contributed by atoms with Crippen molar-refractivity contribution in [3.63, 3.8) is 0 Å². The van der Waals surface area contributed by atoms with Crippen molar-refractivity contribution >= 4 is 145 Å². The van der Waals surface area contributed by atoms with Crippen molar-refractivity contribution in [2.75, 3.05) is 154 Å². The van der Waals surface area contributed by atoms with Crippen LogP contribution in [0.5, 0.6) is 0 Å². The zero-order valence-electron chi connectivity index (χ0n) is 53.0. The van der Waals surface area contributed by atoms with Gasteiger partial charge in [-0.25, -0.2) is 0 Å². The van der Waals surface area contributed by atoms with Crippen LogP contribution in [0.4, 0.5) is 85.3 Å². The second-order valence-electron chi connectivity index (χ2n) is 21.6. The molecule has 9 aromatic rings. The van der Waals surface area contributed by atoms with Gasteiger partial charge in [-0.15, -0.1) is 0 Å². The third kappa shape index (κ3) is 22.8. The van der Waals surface area contributed by atoms with E-state index in [0.29, 0.717) is 0 Å². The Hall–Kier alpha value is -7.25. The van der Waals surface area contributed by atoms with Gasteiger partial charge in [0.05, 0.1) is 0 Å². The molecule has 9 rings (SSSR count). The Bertz CT molecular complexity index is 3130. The fourth-order valence-electron chi connectivity index (χ4n) is 8.47. The van der Waals surface area contributed by atoms with Gasteiger partial charge in [0.2, 0.25) is 0 Å². The number of hydrogen-bond donors (Lipinski definition) is 2. The fourth-order valence-corrected chi connectivity index (χ4v) is 10.1. The molecule has 0 unspecified atom stereocenters. The molecule has 87 heavy (non-hydrogen) atoms. The van der Waals surface area contributed by atoms with Crippen molar-refractivity contribution in [3.05, 3.63) is 244 Å². The predicted molar refractivity (Wildman–Crippen MR) is 396 cm³/mol. The Labute approximate surface area is 571 Å². The van der Waals surface area contributed by atoms with Crippen molar-refractivity contribution in [1.29, 1.82) is 0 Å². The molecule has 456 valence electrons. The first-order valence-corrected chi connectivity index (χ1v) is 30.3. The summed E-state index contributed by atoms with van der Waals surface area (Å²) in [5, 5.41) is 0. The van der Waals surface area contributed by atoms with E-state index in [4.69, 9.17) is 11.5 Å². The van der Waals surface area contributed by atoms with Gasteiger partial charge in [-0.2, -0.15) is 0 Å². The summed E-state index contributed by atoms with van der Waals surface area (Å²) < 4.78 is 3.26. The van der Waals surface area contributed by atoms with Crippen LogP contribution in [0.3, 0.4) is 0 Å². The van der Waals surface area contributed by atoms with E-state index in [1.807, 2.05) is 143 Å². The van der Waals surface area contributed by atoms with E-state index in [-0.39, 0.29) is 32.5 Å². The molecule has 11 nitrogen and oxygen atoms in total. The molecular weight excluding hydrogens is 1500 g/mol. The topological polar surface area (TPSA) is 81.2 Å². The van der Waals surface area contributed by atoms with Gasteiger partial charge < -0.3 is 55.6 Å². The molecule has 0 aromatic heterocycles. The second-order valence-corrected chi connectivity index (χ2v) is 24.3. The molecule has 4 N–H and O–H groups in total. The number of nitrogen functional groups attached to an aromatic ring is 2. The van der Waals surface area contributed by atoms with Gasteiger partial charge in [0.25, 0.3) is 0 Å². The summed E-state index contributed by atoms with van der Waals surface area (Å²) in [4.78, 5) is 19.3. The van der Waals surface area contributed by atoms with E-state index in [9.17, 15) is 0 Å². The van der Waals surface area contributed by atoms with Gasteiger partial charge in [-0.05, 0) is 217 Å². The molecule has 0 aliphatic heterocycles. The largest absolute Gasteiger partial charge is 0.399 e. The third-order valence-corrected chi connectivity index (χ3v) is 14.9. The first-order chi connectivity index (χ1) is 40.9. The molecule has 0 radical (unpaired) electrons. The molecule has 0 amide bonds. The monoisotopic (exact) mass is 1580 g/mol. The van der Waals surface area contributed by atoms with Gasteiger partial charge >= 0.3 is 0 Å². The Kier molecular flexibility index (Phi) is 29.5. The van der Waals surface area contributed by atoms with Crippen LogP contribution in [-0.2, 0) is 0 Å². The number of anilines is 15. The Morgan fingerprint density at radius 3 is 0.678 bits per heavy atom. The predicted octanol–water partition coefficient (Wildman–Crippen LogP) is 18.8. The number of hydrogen-bond acceptors (Lipinski definition) is 11. The molecular formula is C72H88Br3N11U. The summed E-state index contributed by atoms with van der Waals surface area (Å²) in [6, 6.07) is 71.3. The average molecular weight is 1590 g/mol. The maximum absolute atomic E-state index is 5.51. The molecule has 15 heteroatoms. The first kappa shape index (κ1) is 72.2. The van der Waals surface area contributed by atoms with Gasteiger partial charge in [0, 0.05) is 230 Å². The van der Waals surface area contributed by atoms with Gasteiger partial charge in [0.15, 0.2) is 0 Å². The molecule has 9 aromatic carbocycles. The fraction of sp³-hybridized carbons (Fsp3) is 0.194. The SMILES string of the molecule is C=Cc1cc(Br)cc(Br)c1.C=Cc1cc(N(c2ccc(N(C)C)cc2)c2ccc(N(C)C)cc2)cc(N(c2ccc(N(C)C)cc2)c2ccc(N(C)C)cc2)c1.CN(C)c1ccc(Br)cc1.CN(C)c1ccc(N)cc1.CN(C)c1ccc(N)cc1.[3HH].[U]. The summed E-state index contributed by atoms with van der Waals surface area (Å²) in [5.41, 5.74) is 29.4. The number of nitrogens with two attached hydrogens (primary N) is 2. The first-order valence-electron chi connectivity index (χ1n) is 27.9. The second kappa shape index (κ2) is 35.5. The Balaban J connectivity index is 0.000000383. The number of benzene rings is 9. The molecule has 0 bridgehead atoms. The molecule has 0 spiro atoms. The standard InChI is InChI=1S/C40H46N6.C8H6Br2.C8H10BrN.2C8H12N2.U.H2/c1-10-30-27-39(45(35-19-11-31(12-20-35)41(2)3)36-21-13-32(14-22-36)42(4)5)29-40(28-30)46(37-23-15-33(16-24-37)43(6)7)38-25-17-34(18-26-38)44(8)9;1-2-6-3-7(9)5-8(10)4-6;3*1-10(2)8-5-3-7(9)4-6-8;;/h10-29H,1H2,2-9H3;2-5H,1H2;3-6H,1-2H3;2*3-6H,9H2,1-2H3;;1H/i;;;;;;1+2. The summed E-state index contributed by atoms with van der Waals surface area (Å²) in [6.45, 7) is 7.86. The average Bonchev–Trinajstić information content (AvgIpc) is 2.14. The van der Waals surface area contributed by atoms with Crippen LogP contribution in [0.15, 0.2) is 233 Å². The van der Waals surface area contributed by atoms with Crippen molar-refractivity contribution in [2.45, 2.75) is 0 Å². The minimum absolute atomic E-state index is 0. The van der Waals surface area contributed by atoms with Crippen LogP contribution in [0, 0.1) is 31.1 Å². The molecule has 0 heterocycles. The zero-order chi connectivity index (χ0) is 63.2. The number of halogens is 3. The summed E-state index contributed by atoms with van der Waals surface area (Å²) >= 11 is 10.1. The van der Waals surface area contributed by atoms with Gasteiger partial charge in [0.1, 0.15) is 0 Å². The number of nitrogens with zero attached hydrogens (tertiary/aromatic N) is 9. The number of rotatable bonds is 15. The Morgan fingerprint density at radius 1 is 0.264 bits per heavy atom. The Morgan fingerprint density at radius 2 is 0.460 bits per heavy atom. The summed E-state index contributed by atoms with van der Waals surface area (Å²) in [6.07, 6.45) is 3.74. The normalized spacial score (nSPS) is 9.99. The molecule has 0 fully saturated rings. The van der Waals surface area contributed by atoms with E-state index in [2.05, 4.69) is 279 Å². The van der Waals surface area contributed by atoms with Gasteiger partial charge in [-0.3, -0.25) is 0 Å². The zero-order valence-corrected chi connectivity index (χ0v) is 61.9. The molecule has 0 saturated carbocycles. The van der Waals surface area contributed by atoms with E-state index < -0.39 is 0 Å². The van der Waals surface area contributed by atoms with Crippen molar-refractivity contribution in [2.24, 2.45) is 0 Å². The minimum Gasteiger partial charge on any atom is -0.399 e. The molecule has 0 aliphatic carbocycles. The maximum atomic E-state index is 5.51. The van der Waals surface area contributed by atoms with Crippen LogP contribution in [0.1, 0.15) is 12.6 Å². The van der Waals surface area contributed by atoms with E-state index >= 15 is 0 Å². The van der Waals surface area contributed by atoms with Gasteiger partial charge in [-0.1, -0.05) is 73.1 Å². The van der Waals surface area contributed by atoms with Crippen molar-refractivity contribution in [3.8, 4) is 0 Å². The van der Waals surface area contributed by atoms with E-state index in [0.717, 1.165) is 92.8 Å². The molecule has 0 atom stereocenters.